The topological polar surface area (TPSA) is 85.2 Å². The molecular formula is C21H34O6. The molecule has 1 rings (SSSR count). The van der Waals surface area contributed by atoms with E-state index in [0.717, 1.165) is 12.8 Å². The summed E-state index contributed by atoms with van der Waals surface area (Å²) in [5.41, 5.74) is -0.113. The van der Waals surface area contributed by atoms with Gasteiger partial charge in [-0.3, -0.25) is 0 Å². The van der Waals surface area contributed by atoms with E-state index >= 15 is 0 Å². The standard InChI is InChI=1S/C21H34O6/c1-9-11-25-17-13(20(3,4)5)15(22)16(27-19(23)24)14(21(6,7)8)18(17)26-12-10-2/h22H,9-12H2,1-8H3,(H,23,24). The SMILES string of the molecule is CCCOc1c(OCCC)c(C(C)(C)C)c(OC(=O)O)c(O)c1C(C)(C)C. The molecule has 0 heterocycles. The van der Waals surface area contributed by atoms with E-state index in [4.69, 9.17) is 14.2 Å². The van der Waals surface area contributed by atoms with Crippen LogP contribution in [0.2, 0.25) is 0 Å². The Morgan fingerprint density at radius 2 is 1.22 bits per heavy atom. The third-order valence-corrected chi connectivity index (χ3v) is 3.93. The lowest BCUT2D eigenvalue weighted by Crippen LogP contribution is -2.22. The minimum absolute atomic E-state index is 0.0881. The van der Waals surface area contributed by atoms with Crippen molar-refractivity contribution in [1.29, 1.82) is 0 Å². The molecule has 0 bridgehead atoms. The molecular weight excluding hydrogens is 348 g/mol. The summed E-state index contributed by atoms with van der Waals surface area (Å²) < 4.78 is 17.1. The third kappa shape index (κ3) is 5.44. The number of phenols is 1. The Kier molecular flexibility index (Phi) is 7.40. The number of aromatic hydroxyl groups is 1. The van der Waals surface area contributed by atoms with E-state index in [0.29, 0.717) is 35.8 Å². The Balaban J connectivity index is 4.02. The lowest BCUT2D eigenvalue weighted by atomic mass is 9.79. The van der Waals surface area contributed by atoms with Gasteiger partial charge in [0.05, 0.1) is 18.8 Å². The van der Waals surface area contributed by atoms with E-state index in [1.54, 1.807) is 0 Å². The van der Waals surface area contributed by atoms with Gasteiger partial charge >= 0.3 is 6.16 Å². The number of phenolic OH excluding ortho intramolecular Hbond substituents is 1. The summed E-state index contributed by atoms with van der Waals surface area (Å²) in [6, 6.07) is 0. The summed E-state index contributed by atoms with van der Waals surface area (Å²) in [6.07, 6.45) is 0.0762. The second-order valence-electron chi connectivity index (χ2n) is 8.65. The Hall–Kier alpha value is -2.11. The molecule has 0 aliphatic heterocycles. The van der Waals surface area contributed by atoms with Crippen LogP contribution in [0.5, 0.6) is 23.0 Å². The largest absolute Gasteiger partial charge is 0.511 e. The van der Waals surface area contributed by atoms with E-state index in [1.807, 2.05) is 55.4 Å². The summed E-state index contributed by atoms with van der Waals surface area (Å²) in [4.78, 5) is 11.3. The predicted molar refractivity (Wildman–Crippen MR) is 106 cm³/mol. The lowest BCUT2D eigenvalue weighted by Gasteiger charge is -2.32. The van der Waals surface area contributed by atoms with Gasteiger partial charge in [-0.25, -0.2) is 4.79 Å². The minimum atomic E-state index is -1.49. The summed E-state index contributed by atoms with van der Waals surface area (Å²) in [7, 11) is 0. The first kappa shape index (κ1) is 22.9. The molecule has 0 amide bonds. The number of ether oxygens (including phenoxy) is 3. The second kappa shape index (κ2) is 8.72. The van der Waals surface area contributed by atoms with Gasteiger partial charge in [-0.15, -0.1) is 0 Å². The first-order chi connectivity index (χ1) is 12.4. The molecule has 0 aromatic heterocycles. The molecule has 0 aliphatic rings. The van der Waals surface area contributed by atoms with E-state index < -0.39 is 17.0 Å². The minimum Gasteiger partial charge on any atom is -0.504 e. The van der Waals surface area contributed by atoms with Crippen molar-refractivity contribution in [3.8, 4) is 23.0 Å². The van der Waals surface area contributed by atoms with Crippen molar-refractivity contribution in [2.45, 2.75) is 79.1 Å². The number of carboxylic acid groups (broad SMARTS) is 1. The van der Waals surface area contributed by atoms with Crippen LogP contribution in [0.4, 0.5) is 4.79 Å². The molecule has 0 saturated carbocycles. The lowest BCUT2D eigenvalue weighted by molar-refractivity contribution is 0.141. The normalized spacial score (nSPS) is 12.0. The Labute approximate surface area is 162 Å². The van der Waals surface area contributed by atoms with Crippen molar-refractivity contribution < 1.29 is 29.2 Å². The van der Waals surface area contributed by atoms with Crippen LogP contribution in [0.3, 0.4) is 0 Å². The highest BCUT2D eigenvalue weighted by Gasteiger charge is 2.38. The highest BCUT2D eigenvalue weighted by Crippen LogP contribution is 2.55. The van der Waals surface area contributed by atoms with E-state index in [-0.39, 0.29) is 11.5 Å². The van der Waals surface area contributed by atoms with Crippen LogP contribution >= 0.6 is 0 Å². The molecule has 1 aromatic carbocycles. The first-order valence-electron chi connectivity index (χ1n) is 9.46. The summed E-state index contributed by atoms with van der Waals surface area (Å²) in [5.74, 6) is 0.592. The van der Waals surface area contributed by atoms with Crippen LogP contribution < -0.4 is 14.2 Å². The van der Waals surface area contributed by atoms with Crippen LogP contribution in [-0.2, 0) is 10.8 Å². The second-order valence-corrected chi connectivity index (χ2v) is 8.65. The van der Waals surface area contributed by atoms with Gasteiger partial charge in [0.1, 0.15) is 0 Å². The summed E-state index contributed by atoms with van der Waals surface area (Å²) in [5, 5.41) is 20.3. The van der Waals surface area contributed by atoms with Crippen LogP contribution in [0.1, 0.15) is 79.4 Å². The maximum absolute atomic E-state index is 11.3. The molecule has 154 valence electrons. The molecule has 0 unspecified atom stereocenters. The number of hydrogen-bond acceptors (Lipinski definition) is 5. The molecule has 0 fully saturated rings. The van der Waals surface area contributed by atoms with Gasteiger partial charge < -0.3 is 24.4 Å². The molecule has 2 N–H and O–H groups in total. The van der Waals surface area contributed by atoms with E-state index in [9.17, 15) is 15.0 Å². The summed E-state index contributed by atoms with van der Waals surface area (Å²) >= 11 is 0. The smallest absolute Gasteiger partial charge is 0.504 e. The van der Waals surface area contributed by atoms with Crippen LogP contribution in [-0.4, -0.2) is 29.6 Å². The highest BCUT2D eigenvalue weighted by molar-refractivity contribution is 5.73. The number of rotatable bonds is 7. The van der Waals surface area contributed by atoms with Gasteiger partial charge in [0.25, 0.3) is 0 Å². The molecule has 0 aliphatic carbocycles. The molecule has 0 atom stereocenters. The molecule has 0 spiro atoms. The Morgan fingerprint density at radius 1 is 0.815 bits per heavy atom. The van der Waals surface area contributed by atoms with Crippen molar-refractivity contribution in [2.24, 2.45) is 0 Å². The molecule has 0 radical (unpaired) electrons. The van der Waals surface area contributed by atoms with Crippen LogP contribution in [0, 0.1) is 0 Å². The van der Waals surface area contributed by atoms with E-state index in [1.165, 1.54) is 0 Å². The van der Waals surface area contributed by atoms with Gasteiger partial charge in [0, 0.05) is 5.56 Å². The van der Waals surface area contributed by atoms with Gasteiger partial charge in [-0.05, 0) is 23.7 Å². The fourth-order valence-corrected chi connectivity index (χ4v) is 2.92. The maximum atomic E-state index is 11.3. The molecule has 6 nitrogen and oxygen atoms in total. The van der Waals surface area contributed by atoms with Gasteiger partial charge in [0.2, 0.25) is 0 Å². The average molecular weight is 382 g/mol. The highest BCUT2D eigenvalue weighted by atomic mass is 16.7. The molecule has 1 aromatic rings. The fraction of sp³-hybridized carbons (Fsp3) is 0.667. The third-order valence-electron chi connectivity index (χ3n) is 3.93. The fourth-order valence-electron chi connectivity index (χ4n) is 2.92. The van der Waals surface area contributed by atoms with Crippen molar-refractivity contribution >= 4 is 6.16 Å². The molecule has 6 heteroatoms. The average Bonchev–Trinajstić information content (AvgIpc) is 2.50. The monoisotopic (exact) mass is 382 g/mol. The van der Waals surface area contributed by atoms with Crippen molar-refractivity contribution in [1.82, 2.24) is 0 Å². The van der Waals surface area contributed by atoms with Gasteiger partial charge in [-0.2, -0.15) is 0 Å². The van der Waals surface area contributed by atoms with Crippen molar-refractivity contribution in [3.63, 3.8) is 0 Å². The van der Waals surface area contributed by atoms with Gasteiger partial charge in [-0.1, -0.05) is 55.4 Å². The first-order valence-corrected chi connectivity index (χ1v) is 9.46. The molecule has 0 saturated heterocycles. The van der Waals surface area contributed by atoms with Gasteiger partial charge in [0.15, 0.2) is 23.0 Å². The quantitative estimate of drug-likeness (QED) is 0.470. The van der Waals surface area contributed by atoms with Crippen molar-refractivity contribution in [3.05, 3.63) is 11.1 Å². The maximum Gasteiger partial charge on any atom is 0.511 e. The van der Waals surface area contributed by atoms with Crippen LogP contribution in [0.15, 0.2) is 0 Å². The summed E-state index contributed by atoms with van der Waals surface area (Å²) in [6.45, 7) is 16.4. The van der Waals surface area contributed by atoms with E-state index in [2.05, 4.69) is 0 Å². The Bertz CT molecular complexity index is 665. The molecule has 27 heavy (non-hydrogen) atoms. The van der Waals surface area contributed by atoms with Crippen LogP contribution in [0.25, 0.3) is 0 Å². The zero-order chi connectivity index (χ0) is 21.0. The number of hydrogen-bond donors (Lipinski definition) is 2. The number of carbonyl (C=O) groups is 1. The zero-order valence-electron chi connectivity index (χ0n) is 17.9. The Morgan fingerprint density at radius 3 is 1.56 bits per heavy atom. The van der Waals surface area contributed by atoms with Crippen molar-refractivity contribution in [2.75, 3.05) is 13.2 Å². The number of benzene rings is 1. The predicted octanol–water partition coefficient (Wildman–Crippen LogP) is 5.62. The zero-order valence-corrected chi connectivity index (χ0v) is 17.9.